The Morgan fingerprint density at radius 2 is 1.97 bits per heavy atom. The van der Waals surface area contributed by atoms with Crippen molar-refractivity contribution >= 4 is 62.8 Å². The number of rotatable bonds is 5. The van der Waals surface area contributed by atoms with E-state index in [1.165, 1.54) is 16.2 Å². The van der Waals surface area contributed by atoms with Gasteiger partial charge in [0.25, 0.3) is 5.78 Å². The number of Topliss-reactive ketones (excluding diaryl/α,β-unsaturated/α-hetero) is 1. The summed E-state index contributed by atoms with van der Waals surface area (Å²) in [5, 5.41) is 13.5. The van der Waals surface area contributed by atoms with Crippen LogP contribution in [0, 0.1) is 6.92 Å². The lowest BCUT2D eigenvalue weighted by molar-refractivity contribution is -0.132. The maximum atomic E-state index is 13.1. The number of carbonyl (C=O) groups is 3. The first-order chi connectivity index (χ1) is 15.3. The van der Waals surface area contributed by atoms with Crippen LogP contribution in [0.1, 0.15) is 38.8 Å². The quantitative estimate of drug-likeness (QED) is 0.236. The fourth-order valence-electron chi connectivity index (χ4n) is 3.38. The summed E-state index contributed by atoms with van der Waals surface area (Å²) in [4.78, 5) is 44.9. The summed E-state index contributed by atoms with van der Waals surface area (Å²) in [5.74, 6) is -2.51. The van der Waals surface area contributed by atoms with Crippen LogP contribution in [0.15, 0.2) is 47.4 Å². The minimum absolute atomic E-state index is 0.0506. The molecule has 1 aliphatic heterocycles. The van der Waals surface area contributed by atoms with Crippen molar-refractivity contribution in [2.75, 3.05) is 11.5 Å². The number of aryl methyl sites for hydroxylation is 1. The Kier molecular flexibility index (Phi) is 6.14. The van der Waals surface area contributed by atoms with E-state index in [4.69, 9.17) is 16.3 Å². The fourth-order valence-corrected chi connectivity index (χ4v) is 5.32. The molecule has 164 valence electrons. The van der Waals surface area contributed by atoms with Crippen molar-refractivity contribution in [3.8, 4) is 0 Å². The highest BCUT2D eigenvalue weighted by Gasteiger charge is 2.48. The lowest BCUT2D eigenvalue weighted by atomic mass is 10.00. The zero-order valence-electron chi connectivity index (χ0n) is 17.0. The molecule has 4 rings (SSSR count). The van der Waals surface area contributed by atoms with Crippen molar-refractivity contribution in [2.24, 2.45) is 0 Å². The average molecular weight is 489 g/mol. The normalized spacial score (nSPS) is 17.7. The second kappa shape index (κ2) is 8.85. The van der Waals surface area contributed by atoms with E-state index < -0.39 is 23.7 Å². The average Bonchev–Trinajstić information content (AvgIpc) is 3.48. The molecule has 3 aromatic rings. The van der Waals surface area contributed by atoms with Gasteiger partial charge in [-0.05, 0) is 49.6 Å². The number of halogens is 1. The van der Waals surface area contributed by atoms with Crippen LogP contribution in [-0.2, 0) is 14.3 Å². The van der Waals surface area contributed by atoms with E-state index >= 15 is 0 Å². The van der Waals surface area contributed by atoms with Gasteiger partial charge in [0, 0.05) is 15.5 Å². The number of aliphatic hydroxyl groups excluding tert-OH is 1. The number of aliphatic hydroxyl groups is 1. The van der Waals surface area contributed by atoms with E-state index in [1.807, 2.05) is 5.38 Å². The zero-order valence-corrected chi connectivity index (χ0v) is 19.4. The molecule has 1 N–H and O–H groups in total. The van der Waals surface area contributed by atoms with Crippen molar-refractivity contribution < 1.29 is 24.2 Å². The van der Waals surface area contributed by atoms with E-state index in [0.717, 1.165) is 11.3 Å². The number of ketones is 1. The van der Waals surface area contributed by atoms with Crippen LogP contribution < -0.4 is 4.90 Å². The largest absolute Gasteiger partial charge is 0.507 e. The summed E-state index contributed by atoms with van der Waals surface area (Å²) in [6.07, 6.45) is 0. The third-order valence-electron chi connectivity index (χ3n) is 4.83. The number of thiazole rings is 1. The van der Waals surface area contributed by atoms with Gasteiger partial charge in [-0.3, -0.25) is 14.5 Å². The van der Waals surface area contributed by atoms with E-state index in [9.17, 15) is 19.5 Å². The molecule has 0 saturated carbocycles. The molecule has 0 bridgehead atoms. The molecule has 32 heavy (non-hydrogen) atoms. The van der Waals surface area contributed by atoms with Crippen molar-refractivity contribution in [3.05, 3.63) is 73.4 Å². The van der Waals surface area contributed by atoms with Crippen LogP contribution in [0.4, 0.5) is 5.13 Å². The first-order valence-corrected chi connectivity index (χ1v) is 11.7. The monoisotopic (exact) mass is 488 g/mol. The predicted molar refractivity (Wildman–Crippen MR) is 123 cm³/mol. The molecule has 1 atom stereocenters. The topological polar surface area (TPSA) is 96.8 Å². The number of benzene rings is 1. The van der Waals surface area contributed by atoms with Gasteiger partial charge in [0.15, 0.2) is 5.13 Å². The van der Waals surface area contributed by atoms with E-state index in [0.29, 0.717) is 21.2 Å². The van der Waals surface area contributed by atoms with Gasteiger partial charge in [-0.1, -0.05) is 29.0 Å². The Balaban J connectivity index is 1.87. The summed E-state index contributed by atoms with van der Waals surface area (Å²) >= 11 is 8.25. The molecule has 0 aliphatic carbocycles. The molecule has 2 aromatic heterocycles. The molecule has 1 saturated heterocycles. The summed E-state index contributed by atoms with van der Waals surface area (Å²) in [5.41, 5.74) is 0.703. The fraction of sp³-hybridized carbons (Fsp3) is 0.182. The van der Waals surface area contributed by atoms with Crippen LogP contribution in [0.2, 0.25) is 5.02 Å². The third kappa shape index (κ3) is 3.83. The molecule has 0 spiro atoms. The Labute approximate surface area is 196 Å². The van der Waals surface area contributed by atoms with Crippen LogP contribution in [-0.4, -0.2) is 34.4 Å². The SMILES string of the molecule is CCOC(=O)c1sc(N2C(=O)C(=O)C(=C(O)c3ccc(Cl)cc3)[C@@H]2c2cccs2)nc1C. The maximum absolute atomic E-state index is 13.1. The van der Waals surface area contributed by atoms with E-state index in [2.05, 4.69) is 4.98 Å². The third-order valence-corrected chi connectivity index (χ3v) is 7.14. The molecule has 10 heteroatoms. The molecule has 1 aromatic carbocycles. The molecular weight excluding hydrogens is 472 g/mol. The summed E-state index contributed by atoms with van der Waals surface area (Å²) in [6.45, 7) is 3.53. The number of ether oxygens (including phenoxy) is 1. The second-order valence-electron chi connectivity index (χ2n) is 6.82. The van der Waals surface area contributed by atoms with Crippen molar-refractivity contribution in [2.45, 2.75) is 19.9 Å². The molecule has 0 unspecified atom stereocenters. The molecule has 7 nitrogen and oxygen atoms in total. The minimum atomic E-state index is -0.883. The van der Waals surface area contributed by atoms with Gasteiger partial charge in [-0.2, -0.15) is 0 Å². The van der Waals surface area contributed by atoms with Gasteiger partial charge in [0.2, 0.25) is 0 Å². The van der Waals surface area contributed by atoms with Gasteiger partial charge in [0.05, 0.1) is 17.9 Å². The maximum Gasteiger partial charge on any atom is 0.350 e. The molecule has 3 heterocycles. The Bertz CT molecular complexity index is 1230. The van der Waals surface area contributed by atoms with E-state index in [1.54, 1.807) is 50.2 Å². The Morgan fingerprint density at radius 3 is 2.59 bits per heavy atom. The van der Waals surface area contributed by atoms with Crippen LogP contribution in [0.3, 0.4) is 0 Å². The number of nitrogens with zero attached hydrogens (tertiary/aromatic N) is 2. The van der Waals surface area contributed by atoms with E-state index in [-0.39, 0.29) is 27.9 Å². The number of thiophene rings is 1. The van der Waals surface area contributed by atoms with Crippen LogP contribution in [0.25, 0.3) is 5.76 Å². The summed E-state index contributed by atoms with van der Waals surface area (Å²) in [7, 11) is 0. The minimum Gasteiger partial charge on any atom is -0.507 e. The number of esters is 1. The van der Waals surface area contributed by atoms with Gasteiger partial charge in [-0.25, -0.2) is 9.78 Å². The molecule has 1 fully saturated rings. The number of hydrogen-bond acceptors (Lipinski definition) is 8. The van der Waals surface area contributed by atoms with Gasteiger partial charge >= 0.3 is 11.9 Å². The predicted octanol–water partition coefficient (Wildman–Crippen LogP) is 4.97. The Hall–Kier alpha value is -3.01. The molecular formula is C22H17ClN2O5S2. The van der Waals surface area contributed by atoms with Crippen molar-refractivity contribution in [3.63, 3.8) is 0 Å². The van der Waals surface area contributed by atoms with Crippen LogP contribution in [0.5, 0.6) is 0 Å². The highest BCUT2D eigenvalue weighted by Crippen LogP contribution is 2.45. The number of anilines is 1. The summed E-state index contributed by atoms with van der Waals surface area (Å²) < 4.78 is 5.06. The van der Waals surface area contributed by atoms with Gasteiger partial charge < -0.3 is 9.84 Å². The number of aromatic nitrogens is 1. The van der Waals surface area contributed by atoms with Gasteiger partial charge in [0.1, 0.15) is 16.7 Å². The Morgan fingerprint density at radius 1 is 1.25 bits per heavy atom. The standard InChI is InChI=1S/C22H17ClN2O5S2/c1-3-30-21(29)19-11(2)24-22(32-19)25-16(14-5-4-10-31-14)15(18(27)20(25)28)17(26)12-6-8-13(23)9-7-12/h4-10,16,26H,3H2,1-2H3/t16-/m0/s1. The highest BCUT2D eigenvalue weighted by atomic mass is 35.5. The number of amides is 1. The van der Waals surface area contributed by atoms with Crippen molar-refractivity contribution in [1.82, 2.24) is 4.98 Å². The summed E-state index contributed by atoms with van der Waals surface area (Å²) in [6, 6.07) is 9.00. The lowest BCUT2D eigenvalue weighted by Crippen LogP contribution is -2.29. The highest BCUT2D eigenvalue weighted by molar-refractivity contribution is 7.18. The lowest BCUT2D eigenvalue weighted by Gasteiger charge is -2.21. The number of carbonyl (C=O) groups excluding carboxylic acids is 3. The van der Waals surface area contributed by atoms with Crippen molar-refractivity contribution in [1.29, 1.82) is 0 Å². The molecule has 1 amide bonds. The smallest absolute Gasteiger partial charge is 0.350 e. The van der Waals surface area contributed by atoms with Crippen LogP contribution >= 0.6 is 34.3 Å². The first-order valence-electron chi connectivity index (χ1n) is 9.58. The molecule has 0 radical (unpaired) electrons. The second-order valence-corrected chi connectivity index (χ2v) is 9.22. The number of hydrogen-bond donors (Lipinski definition) is 1. The first kappa shape index (κ1) is 22.2. The molecule has 1 aliphatic rings. The van der Waals surface area contributed by atoms with Gasteiger partial charge in [-0.15, -0.1) is 11.3 Å². The zero-order chi connectivity index (χ0) is 23.0.